The van der Waals surface area contributed by atoms with Crippen LogP contribution in [0.25, 0.3) is 0 Å². The van der Waals surface area contributed by atoms with Crippen LogP contribution in [0.1, 0.15) is 64.8 Å². The van der Waals surface area contributed by atoms with Gasteiger partial charge in [0.15, 0.2) is 0 Å². The Bertz CT molecular complexity index is 785. The maximum absolute atomic E-state index is 12.9. The van der Waals surface area contributed by atoms with Crippen LogP contribution in [0.15, 0.2) is 17.5 Å². The molecule has 1 aliphatic rings. The highest BCUT2D eigenvalue weighted by atomic mass is 32.1. The number of fused-ring (bicyclic) bond motifs is 1. The number of carbonyl (C=O) groups excluding carboxylic acids is 2. The summed E-state index contributed by atoms with van der Waals surface area (Å²) in [6, 6.07) is 3.92. The average Bonchev–Trinajstić information content (AvgIpc) is 3.08. The van der Waals surface area contributed by atoms with E-state index in [1.165, 1.54) is 11.3 Å². The normalized spacial score (nSPS) is 17.0. The Labute approximate surface area is 146 Å². The molecular formula is C19H23NO3S. The molecule has 3 rings (SSSR count). The van der Waals surface area contributed by atoms with E-state index in [0.29, 0.717) is 5.69 Å². The number of nitrogens with zero attached hydrogens (tertiary/aromatic N) is 1. The minimum Gasteiger partial charge on any atom is -0.462 e. The third kappa shape index (κ3) is 3.05. The second kappa shape index (κ2) is 6.55. The lowest BCUT2D eigenvalue weighted by atomic mass is 9.96. The molecule has 0 spiro atoms. The fourth-order valence-electron chi connectivity index (χ4n) is 3.36. The van der Waals surface area contributed by atoms with Crippen molar-refractivity contribution in [2.24, 2.45) is 0 Å². The predicted octanol–water partition coefficient (Wildman–Crippen LogP) is 4.23. The first kappa shape index (κ1) is 17.0. The van der Waals surface area contributed by atoms with Crippen LogP contribution in [0.5, 0.6) is 0 Å². The molecule has 1 atom stereocenters. The Morgan fingerprint density at radius 2 is 2.04 bits per heavy atom. The van der Waals surface area contributed by atoms with Gasteiger partial charge < -0.3 is 9.30 Å². The minimum absolute atomic E-state index is 0.0507. The fourth-order valence-corrected chi connectivity index (χ4v) is 4.20. The molecule has 1 unspecified atom stereocenters. The van der Waals surface area contributed by atoms with Crippen molar-refractivity contribution >= 4 is 23.1 Å². The van der Waals surface area contributed by atoms with Gasteiger partial charge in [-0.25, -0.2) is 0 Å². The van der Waals surface area contributed by atoms with Crippen molar-refractivity contribution in [3.8, 4) is 0 Å². The van der Waals surface area contributed by atoms with Crippen LogP contribution in [0.3, 0.4) is 0 Å². The molecule has 0 amide bonds. The summed E-state index contributed by atoms with van der Waals surface area (Å²) in [7, 11) is 0. The predicted molar refractivity (Wildman–Crippen MR) is 94.9 cm³/mol. The maximum atomic E-state index is 12.9. The number of ether oxygens (including phenoxy) is 1. The fraction of sp³-hybridized carbons (Fsp3) is 0.474. The van der Waals surface area contributed by atoms with Gasteiger partial charge in [0.2, 0.25) is 5.78 Å². The zero-order valence-corrected chi connectivity index (χ0v) is 15.4. The molecule has 3 heterocycles. The quantitative estimate of drug-likeness (QED) is 0.615. The first-order valence-corrected chi connectivity index (χ1v) is 9.26. The van der Waals surface area contributed by atoms with Gasteiger partial charge in [-0.3, -0.25) is 9.59 Å². The molecular weight excluding hydrogens is 322 g/mol. The zero-order chi connectivity index (χ0) is 17.4. The van der Waals surface area contributed by atoms with Crippen LogP contribution in [0.4, 0.5) is 0 Å². The summed E-state index contributed by atoms with van der Waals surface area (Å²) in [4.78, 5) is 26.1. The monoisotopic (exact) mass is 345 g/mol. The van der Waals surface area contributed by atoms with Gasteiger partial charge in [-0.2, -0.15) is 0 Å². The van der Waals surface area contributed by atoms with E-state index in [4.69, 9.17) is 4.74 Å². The summed E-state index contributed by atoms with van der Waals surface area (Å²) in [6.45, 7) is 8.44. The number of hydrogen-bond donors (Lipinski definition) is 0. The summed E-state index contributed by atoms with van der Waals surface area (Å²) in [5, 5.41) is 1.99. The Kier molecular flexibility index (Phi) is 4.63. The largest absolute Gasteiger partial charge is 0.462 e. The Balaban J connectivity index is 1.98. The van der Waals surface area contributed by atoms with E-state index < -0.39 is 0 Å². The number of thiophene rings is 1. The SMILES string of the molecule is Cc1csc(C(=O)c2c(C)cc3n2CCCC3C(=O)OC(C)C)c1. The molecule has 0 fully saturated rings. The molecule has 0 bridgehead atoms. The second-order valence-electron chi connectivity index (χ2n) is 6.75. The molecule has 24 heavy (non-hydrogen) atoms. The lowest BCUT2D eigenvalue weighted by Crippen LogP contribution is -2.27. The molecule has 5 heteroatoms. The molecule has 0 radical (unpaired) electrons. The van der Waals surface area contributed by atoms with Crippen LogP contribution in [-0.2, 0) is 16.1 Å². The molecule has 0 aliphatic carbocycles. The van der Waals surface area contributed by atoms with Crippen molar-refractivity contribution in [3.05, 3.63) is 44.9 Å². The van der Waals surface area contributed by atoms with Crippen molar-refractivity contribution in [2.75, 3.05) is 0 Å². The molecule has 1 aliphatic heterocycles. The summed E-state index contributed by atoms with van der Waals surface area (Å²) >= 11 is 1.48. The third-order valence-electron chi connectivity index (χ3n) is 4.36. The lowest BCUT2D eigenvalue weighted by Gasteiger charge is -2.25. The highest BCUT2D eigenvalue weighted by Gasteiger charge is 2.32. The molecule has 0 saturated carbocycles. The number of rotatable bonds is 4. The maximum Gasteiger partial charge on any atom is 0.315 e. The summed E-state index contributed by atoms with van der Waals surface area (Å²) < 4.78 is 7.44. The molecule has 128 valence electrons. The molecule has 0 aromatic carbocycles. The Morgan fingerprint density at radius 3 is 2.67 bits per heavy atom. The van der Waals surface area contributed by atoms with Crippen molar-refractivity contribution in [3.63, 3.8) is 0 Å². The number of aryl methyl sites for hydroxylation is 2. The smallest absolute Gasteiger partial charge is 0.315 e. The van der Waals surface area contributed by atoms with Gasteiger partial charge in [0.25, 0.3) is 0 Å². The Hall–Kier alpha value is -1.88. The minimum atomic E-state index is -0.272. The van der Waals surface area contributed by atoms with Gasteiger partial charge in [0.05, 0.1) is 22.6 Å². The van der Waals surface area contributed by atoms with Gasteiger partial charge in [-0.05, 0) is 69.2 Å². The summed E-state index contributed by atoms with van der Waals surface area (Å²) in [6.07, 6.45) is 1.53. The number of esters is 1. The Morgan fingerprint density at radius 1 is 1.29 bits per heavy atom. The van der Waals surface area contributed by atoms with Crippen LogP contribution < -0.4 is 0 Å². The molecule has 2 aromatic heterocycles. The first-order chi connectivity index (χ1) is 11.4. The average molecular weight is 345 g/mol. The molecule has 0 N–H and O–H groups in total. The van der Waals surface area contributed by atoms with E-state index in [2.05, 4.69) is 0 Å². The molecule has 4 nitrogen and oxygen atoms in total. The molecule has 0 saturated heterocycles. The van der Waals surface area contributed by atoms with Gasteiger partial charge in [-0.15, -0.1) is 11.3 Å². The number of carbonyl (C=O) groups is 2. The number of aromatic nitrogens is 1. The number of ketones is 1. The van der Waals surface area contributed by atoms with Crippen LogP contribution in [-0.4, -0.2) is 22.4 Å². The zero-order valence-electron chi connectivity index (χ0n) is 14.6. The van der Waals surface area contributed by atoms with E-state index in [9.17, 15) is 9.59 Å². The second-order valence-corrected chi connectivity index (χ2v) is 7.66. The first-order valence-electron chi connectivity index (χ1n) is 8.39. The molecule has 2 aromatic rings. The van der Waals surface area contributed by atoms with E-state index in [1.807, 2.05) is 49.8 Å². The van der Waals surface area contributed by atoms with Crippen LogP contribution in [0.2, 0.25) is 0 Å². The lowest BCUT2D eigenvalue weighted by molar-refractivity contribution is -0.149. The van der Waals surface area contributed by atoms with Gasteiger partial charge in [0.1, 0.15) is 0 Å². The highest BCUT2D eigenvalue weighted by molar-refractivity contribution is 7.12. The van der Waals surface area contributed by atoms with Gasteiger partial charge in [-0.1, -0.05) is 0 Å². The van der Waals surface area contributed by atoms with Crippen LogP contribution in [0, 0.1) is 13.8 Å². The van der Waals surface area contributed by atoms with Crippen molar-refractivity contribution < 1.29 is 14.3 Å². The highest BCUT2D eigenvalue weighted by Crippen LogP contribution is 2.34. The van der Waals surface area contributed by atoms with E-state index >= 15 is 0 Å². The van der Waals surface area contributed by atoms with Gasteiger partial charge >= 0.3 is 5.97 Å². The number of hydrogen-bond acceptors (Lipinski definition) is 4. The standard InChI is InChI=1S/C19H23NO3S/c1-11(2)23-19(22)14-6-5-7-20-15(14)9-13(4)17(20)18(21)16-8-12(3)10-24-16/h8-11,14H,5-7H2,1-4H3. The summed E-state index contributed by atoms with van der Waals surface area (Å²) in [5.74, 6) is -0.407. The van der Waals surface area contributed by atoms with E-state index in [1.54, 1.807) is 0 Å². The van der Waals surface area contributed by atoms with Crippen LogP contribution >= 0.6 is 11.3 Å². The van der Waals surface area contributed by atoms with Crippen molar-refractivity contribution in [1.29, 1.82) is 0 Å². The van der Waals surface area contributed by atoms with Gasteiger partial charge in [0, 0.05) is 12.2 Å². The summed E-state index contributed by atoms with van der Waals surface area (Å²) in [5.41, 5.74) is 3.67. The van der Waals surface area contributed by atoms with E-state index in [0.717, 1.165) is 41.1 Å². The van der Waals surface area contributed by atoms with E-state index in [-0.39, 0.29) is 23.8 Å². The topological polar surface area (TPSA) is 48.3 Å². The van der Waals surface area contributed by atoms with Crippen molar-refractivity contribution in [1.82, 2.24) is 4.57 Å². The third-order valence-corrected chi connectivity index (χ3v) is 5.40. The van der Waals surface area contributed by atoms with Crippen molar-refractivity contribution in [2.45, 2.75) is 59.1 Å².